The minimum atomic E-state index is -0.0586. The number of fused-ring (bicyclic) bond motifs is 2. The van der Waals surface area contributed by atoms with Crippen LogP contribution >= 0.6 is 11.6 Å². The summed E-state index contributed by atoms with van der Waals surface area (Å²) in [6.07, 6.45) is 4.12. The molecule has 7 nitrogen and oxygen atoms in total. The van der Waals surface area contributed by atoms with E-state index in [2.05, 4.69) is 35.3 Å². The summed E-state index contributed by atoms with van der Waals surface area (Å²) in [7, 11) is 0. The van der Waals surface area contributed by atoms with Crippen molar-refractivity contribution < 1.29 is 9.59 Å². The maximum absolute atomic E-state index is 13.1. The van der Waals surface area contributed by atoms with Crippen molar-refractivity contribution in [1.29, 1.82) is 0 Å². The van der Waals surface area contributed by atoms with Crippen LogP contribution < -0.4 is 11.1 Å². The highest BCUT2D eigenvalue weighted by molar-refractivity contribution is 6.33. The van der Waals surface area contributed by atoms with Crippen molar-refractivity contribution in [1.82, 2.24) is 14.5 Å². The lowest BCUT2D eigenvalue weighted by Gasteiger charge is -2.17. The van der Waals surface area contributed by atoms with Crippen LogP contribution in [-0.4, -0.2) is 39.4 Å². The molecule has 2 fully saturated rings. The van der Waals surface area contributed by atoms with Crippen LogP contribution in [0.3, 0.4) is 0 Å². The van der Waals surface area contributed by atoms with Crippen molar-refractivity contribution in [3.63, 3.8) is 0 Å². The van der Waals surface area contributed by atoms with Crippen LogP contribution in [0.4, 0.5) is 5.82 Å². The van der Waals surface area contributed by atoms with Crippen molar-refractivity contribution in [2.24, 2.45) is 28.9 Å². The molecule has 34 heavy (non-hydrogen) atoms. The number of nitrogens with one attached hydrogen (secondary N) is 1. The molecule has 1 saturated heterocycles. The van der Waals surface area contributed by atoms with Gasteiger partial charge in [0.2, 0.25) is 11.8 Å². The number of carbonyl (C=O) groups is 2. The number of amides is 2. The van der Waals surface area contributed by atoms with Crippen molar-refractivity contribution in [3.8, 4) is 11.1 Å². The fraction of sp³-hybridized carbons (Fsp3) is 0.500. The Balaban J connectivity index is 1.36. The second kappa shape index (κ2) is 8.15. The summed E-state index contributed by atoms with van der Waals surface area (Å²) >= 11 is 6.59. The largest absolute Gasteiger partial charge is 0.398 e. The number of pyridine rings is 1. The third-order valence-electron chi connectivity index (χ3n) is 7.73. The highest BCUT2D eigenvalue weighted by atomic mass is 35.5. The first-order valence-corrected chi connectivity index (χ1v) is 12.3. The van der Waals surface area contributed by atoms with Gasteiger partial charge >= 0.3 is 0 Å². The number of hydrogen-bond acceptors (Lipinski definition) is 4. The lowest BCUT2D eigenvalue weighted by molar-refractivity contribution is -0.128. The lowest BCUT2D eigenvalue weighted by atomic mass is 9.89. The van der Waals surface area contributed by atoms with E-state index < -0.39 is 0 Å². The first-order valence-electron chi connectivity index (χ1n) is 11.9. The summed E-state index contributed by atoms with van der Waals surface area (Å²) in [4.78, 5) is 31.0. The Morgan fingerprint density at radius 3 is 2.50 bits per heavy atom. The predicted octanol–water partition coefficient (Wildman–Crippen LogP) is 4.16. The fourth-order valence-corrected chi connectivity index (χ4v) is 6.31. The normalized spacial score (nSPS) is 24.7. The molecule has 0 bridgehead atoms. The van der Waals surface area contributed by atoms with Gasteiger partial charge in [-0.15, -0.1) is 0 Å². The number of halogens is 1. The number of anilines is 1. The zero-order valence-corrected chi connectivity index (χ0v) is 20.8. The summed E-state index contributed by atoms with van der Waals surface area (Å²) in [5.74, 6) is 1.36. The number of hydrogen-bond donors (Lipinski definition) is 2. The molecule has 0 aromatic carbocycles. The molecule has 2 amide bonds. The van der Waals surface area contributed by atoms with Gasteiger partial charge < -0.3 is 20.5 Å². The van der Waals surface area contributed by atoms with E-state index in [1.54, 1.807) is 13.1 Å². The third-order valence-corrected chi connectivity index (χ3v) is 8.03. The van der Waals surface area contributed by atoms with E-state index in [4.69, 9.17) is 17.3 Å². The molecular formula is C26H32ClN5O2. The number of aromatic nitrogens is 2. The Kier molecular flexibility index (Phi) is 5.51. The van der Waals surface area contributed by atoms with Crippen molar-refractivity contribution in [2.45, 2.75) is 46.6 Å². The number of rotatable bonds is 4. The molecular weight excluding hydrogens is 450 g/mol. The average Bonchev–Trinajstić information content (AvgIpc) is 3.46. The first-order chi connectivity index (χ1) is 16.0. The molecule has 0 unspecified atom stereocenters. The highest BCUT2D eigenvalue weighted by Crippen LogP contribution is 2.44. The second-order valence-electron chi connectivity index (χ2n) is 11.0. The number of nitrogens with two attached hydrogens (primary N) is 1. The lowest BCUT2D eigenvalue weighted by Crippen LogP contribution is -2.29. The van der Waals surface area contributed by atoms with Crippen LogP contribution in [0.2, 0.25) is 5.02 Å². The first kappa shape index (κ1) is 23.0. The van der Waals surface area contributed by atoms with Gasteiger partial charge in [-0.05, 0) is 48.6 Å². The molecule has 2 aliphatic heterocycles. The van der Waals surface area contributed by atoms with E-state index in [-0.39, 0.29) is 23.1 Å². The molecule has 3 atom stereocenters. The van der Waals surface area contributed by atoms with Crippen LogP contribution in [0.1, 0.15) is 45.0 Å². The van der Waals surface area contributed by atoms with Crippen molar-refractivity contribution >= 4 is 34.9 Å². The van der Waals surface area contributed by atoms with E-state index in [1.165, 1.54) is 5.69 Å². The van der Waals surface area contributed by atoms with Crippen LogP contribution in [-0.2, 0) is 22.6 Å². The van der Waals surface area contributed by atoms with Gasteiger partial charge in [-0.1, -0.05) is 32.0 Å². The van der Waals surface area contributed by atoms with Gasteiger partial charge in [-0.25, -0.2) is 4.98 Å². The Morgan fingerprint density at radius 2 is 1.88 bits per heavy atom. The van der Waals surface area contributed by atoms with Crippen LogP contribution in [0.25, 0.3) is 16.8 Å². The van der Waals surface area contributed by atoms with E-state index in [0.717, 1.165) is 55.7 Å². The summed E-state index contributed by atoms with van der Waals surface area (Å²) in [5.41, 5.74) is 10.7. The van der Waals surface area contributed by atoms with Gasteiger partial charge in [-0.2, -0.15) is 0 Å². The molecule has 3 N–H and O–H groups in total. The summed E-state index contributed by atoms with van der Waals surface area (Å²) in [5, 5.41) is 3.55. The van der Waals surface area contributed by atoms with E-state index in [0.29, 0.717) is 28.4 Å². The number of carbonyl (C=O) groups excluding carboxylic acids is 2. The predicted molar refractivity (Wildman–Crippen MR) is 134 cm³/mol. The molecule has 180 valence electrons. The monoisotopic (exact) mass is 481 g/mol. The van der Waals surface area contributed by atoms with E-state index >= 15 is 0 Å². The molecule has 0 radical (unpaired) electrons. The third kappa shape index (κ3) is 4.00. The fourth-order valence-electron chi connectivity index (χ4n) is 6.11. The van der Waals surface area contributed by atoms with Gasteiger partial charge in [0.05, 0.1) is 10.7 Å². The molecule has 3 aliphatic rings. The quantitative estimate of drug-likeness (QED) is 0.685. The SMILES string of the molecule is C=C(N)c1cc(-c2cc(NC(=O)[C@@H]3C[C@@H]4CN(C(C)=O)C[C@@H]4C3)ncc2Cl)c2n1CC(C)(C)C2. The van der Waals surface area contributed by atoms with Gasteiger partial charge in [0.15, 0.2) is 0 Å². The van der Waals surface area contributed by atoms with Gasteiger partial charge in [0.1, 0.15) is 5.82 Å². The Hall–Kier alpha value is -2.80. The topological polar surface area (TPSA) is 93.2 Å². The maximum atomic E-state index is 13.1. The standard InChI is InChI=1S/C26H32ClN5O2/c1-14(28)22-7-20(23-9-26(3,4)13-32(22)23)19-8-24(29-10-21(19)27)30-25(34)16-5-17-11-31(15(2)33)12-18(17)6-16/h7-8,10,16-18H,1,5-6,9,11-13,28H2,2-4H3,(H,29,30,34)/t16-,17-,18+. The summed E-state index contributed by atoms with van der Waals surface area (Å²) in [6, 6.07) is 3.90. The van der Waals surface area contributed by atoms with Gasteiger partial charge in [0, 0.05) is 61.2 Å². The zero-order chi connectivity index (χ0) is 24.4. The number of nitrogens with zero attached hydrogens (tertiary/aromatic N) is 3. The molecule has 2 aromatic heterocycles. The van der Waals surface area contributed by atoms with E-state index in [1.807, 2.05) is 17.0 Å². The van der Waals surface area contributed by atoms with Crippen LogP contribution in [0.5, 0.6) is 0 Å². The smallest absolute Gasteiger partial charge is 0.228 e. The molecule has 8 heteroatoms. The molecule has 1 aliphatic carbocycles. The number of likely N-dealkylation sites (tertiary alicyclic amines) is 1. The Bertz CT molecular complexity index is 1190. The molecule has 2 aromatic rings. The molecule has 0 spiro atoms. The highest BCUT2D eigenvalue weighted by Gasteiger charge is 2.44. The van der Waals surface area contributed by atoms with Crippen molar-refractivity contribution in [2.75, 3.05) is 18.4 Å². The second-order valence-corrected chi connectivity index (χ2v) is 11.4. The average molecular weight is 482 g/mol. The minimum Gasteiger partial charge on any atom is -0.398 e. The zero-order valence-electron chi connectivity index (χ0n) is 20.0. The molecule has 1 saturated carbocycles. The Morgan fingerprint density at radius 1 is 1.21 bits per heavy atom. The summed E-state index contributed by atoms with van der Waals surface area (Å²) in [6.45, 7) is 12.4. The maximum Gasteiger partial charge on any atom is 0.228 e. The van der Waals surface area contributed by atoms with Crippen LogP contribution in [0.15, 0.2) is 24.9 Å². The van der Waals surface area contributed by atoms with Crippen molar-refractivity contribution in [3.05, 3.63) is 41.3 Å². The minimum absolute atomic E-state index is 0.0104. The summed E-state index contributed by atoms with van der Waals surface area (Å²) < 4.78 is 2.23. The van der Waals surface area contributed by atoms with Gasteiger partial charge in [-0.3, -0.25) is 9.59 Å². The molecule has 5 rings (SSSR count). The van der Waals surface area contributed by atoms with E-state index in [9.17, 15) is 9.59 Å². The molecule has 4 heterocycles. The van der Waals surface area contributed by atoms with Gasteiger partial charge in [0.25, 0.3) is 0 Å². The van der Waals surface area contributed by atoms with Crippen LogP contribution in [0, 0.1) is 23.2 Å². The Labute approximate surface area is 205 Å².